The Kier molecular flexibility index (Phi) is 13.6. The zero-order chi connectivity index (χ0) is 40.8. The van der Waals surface area contributed by atoms with E-state index in [1.807, 2.05) is 67.5 Å². The molecule has 0 aromatic heterocycles. The summed E-state index contributed by atoms with van der Waals surface area (Å²) in [5, 5.41) is 0. The van der Waals surface area contributed by atoms with E-state index in [0.717, 1.165) is 0 Å². The quantitative estimate of drug-likeness (QED) is 0.205. The van der Waals surface area contributed by atoms with E-state index in [2.05, 4.69) is 6.92 Å². The van der Waals surface area contributed by atoms with Gasteiger partial charge in [0.1, 0.15) is 6.10 Å². The molecule has 14 nitrogen and oxygen atoms in total. The molecule has 5 fully saturated rings. The van der Waals surface area contributed by atoms with E-state index >= 15 is 0 Å². The molecule has 5 saturated heterocycles. The molecule has 14 heteroatoms. The summed E-state index contributed by atoms with van der Waals surface area (Å²) in [5.41, 5.74) is -2.76. The summed E-state index contributed by atoms with van der Waals surface area (Å²) in [6.07, 6.45) is -3.77. The van der Waals surface area contributed by atoms with E-state index in [9.17, 15) is 14.4 Å². The van der Waals surface area contributed by atoms with Crippen molar-refractivity contribution in [2.75, 3.05) is 21.2 Å². The Morgan fingerprint density at radius 1 is 0.891 bits per heavy atom. The second-order valence-electron chi connectivity index (χ2n) is 18.1. The van der Waals surface area contributed by atoms with Gasteiger partial charge in [0.05, 0.1) is 53.7 Å². The summed E-state index contributed by atoms with van der Waals surface area (Å²) in [5.74, 6) is -2.71. The molecule has 0 spiro atoms. The molecule has 0 saturated carbocycles. The minimum atomic E-state index is -1.28. The average molecular weight is 784 g/mol. The first-order chi connectivity index (χ1) is 25.6. The molecular weight excluding hydrogens is 714 g/mol. The third-order valence-electron chi connectivity index (χ3n) is 13.0. The number of likely N-dealkylation sites (N-methyl/N-ethyl adjacent to an activating group) is 1. The van der Waals surface area contributed by atoms with Crippen molar-refractivity contribution in [2.45, 2.75) is 199 Å². The van der Waals surface area contributed by atoms with Crippen LogP contribution in [0.25, 0.3) is 0 Å². The van der Waals surface area contributed by atoms with Crippen molar-refractivity contribution in [1.82, 2.24) is 4.90 Å². The molecule has 5 aliphatic heterocycles. The SMILES string of the molecule is CCC[C@H]1OC(=O)[C@H](C)[C@@H](OC2CC(C)(OC)CC(C)O2)[C@H](C)[C@@H](OC2OC(C)CC(N(C)C)C2OC(C)=O)[C@]2(C)C[C@@H](C)[C@@H](O2)[C@H](C)[C@H]2OC(=O)O[C@@]21C. The summed E-state index contributed by atoms with van der Waals surface area (Å²) < 4.78 is 64.4. The lowest BCUT2D eigenvalue weighted by atomic mass is 9.76. The number of carbonyl (C=O) groups excluding carboxylic acids is 3. The van der Waals surface area contributed by atoms with Gasteiger partial charge >= 0.3 is 18.1 Å². The minimum absolute atomic E-state index is 0.0105. The van der Waals surface area contributed by atoms with Crippen LogP contribution in [0.4, 0.5) is 4.79 Å². The number of esters is 2. The van der Waals surface area contributed by atoms with Crippen LogP contribution in [0.5, 0.6) is 0 Å². The van der Waals surface area contributed by atoms with Crippen LogP contribution in [0.3, 0.4) is 0 Å². The third-order valence-corrected chi connectivity index (χ3v) is 13.0. The highest BCUT2D eigenvalue weighted by Crippen LogP contribution is 2.50. The molecule has 316 valence electrons. The minimum Gasteiger partial charge on any atom is -0.458 e. The molecule has 0 aliphatic carbocycles. The highest BCUT2D eigenvalue weighted by molar-refractivity contribution is 5.73. The van der Waals surface area contributed by atoms with Gasteiger partial charge in [-0.15, -0.1) is 0 Å². The Labute approximate surface area is 328 Å². The first kappa shape index (κ1) is 44.0. The summed E-state index contributed by atoms with van der Waals surface area (Å²) >= 11 is 0. The molecule has 0 aromatic rings. The maximum atomic E-state index is 14.6. The van der Waals surface area contributed by atoms with Gasteiger partial charge in [0.25, 0.3) is 0 Å². The van der Waals surface area contributed by atoms with Crippen LogP contribution in [0.1, 0.15) is 115 Å². The Balaban J connectivity index is 1.64. The molecule has 0 radical (unpaired) electrons. The van der Waals surface area contributed by atoms with Crippen LogP contribution in [-0.4, -0.2) is 128 Å². The fourth-order valence-corrected chi connectivity index (χ4v) is 10.3. The van der Waals surface area contributed by atoms with Gasteiger partial charge in [-0.3, -0.25) is 9.59 Å². The van der Waals surface area contributed by atoms with E-state index in [1.54, 1.807) is 21.0 Å². The normalized spacial score (nSPS) is 48.1. The molecule has 5 rings (SSSR count). The van der Waals surface area contributed by atoms with Gasteiger partial charge in [0.15, 0.2) is 30.4 Å². The highest BCUT2D eigenvalue weighted by atomic mass is 16.8. The monoisotopic (exact) mass is 783 g/mol. The van der Waals surface area contributed by atoms with Crippen molar-refractivity contribution < 1.29 is 61.8 Å². The van der Waals surface area contributed by atoms with Crippen LogP contribution in [0.2, 0.25) is 0 Å². The van der Waals surface area contributed by atoms with E-state index in [4.69, 9.17) is 47.4 Å². The van der Waals surface area contributed by atoms with E-state index in [-0.39, 0.29) is 30.1 Å². The number of carbonyl (C=O) groups is 3. The largest absolute Gasteiger partial charge is 0.509 e. The summed E-state index contributed by atoms with van der Waals surface area (Å²) in [6, 6.07) is -0.193. The predicted molar refractivity (Wildman–Crippen MR) is 200 cm³/mol. The van der Waals surface area contributed by atoms with Crippen molar-refractivity contribution in [2.24, 2.45) is 23.7 Å². The van der Waals surface area contributed by atoms with Gasteiger partial charge in [-0.1, -0.05) is 34.1 Å². The lowest BCUT2D eigenvalue weighted by Crippen LogP contribution is -2.60. The second kappa shape index (κ2) is 17.0. The zero-order valence-electron chi connectivity index (χ0n) is 35.7. The van der Waals surface area contributed by atoms with Crippen molar-refractivity contribution in [3.63, 3.8) is 0 Å². The van der Waals surface area contributed by atoms with Crippen molar-refractivity contribution in [3.8, 4) is 0 Å². The fraction of sp³-hybridized carbons (Fsp3) is 0.927. The number of rotatable bonds is 9. The number of hydrogen-bond donors (Lipinski definition) is 0. The first-order valence-corrected chi connectivity index (χ1v) is 20.4. The molecule has 55 heavy (non-hydrogen) atoms. The number of nitrogens with zero attached hydrogens (tertiary/aromatic N) is 1. The van der Waals surface area contributed by atoms with Gasteiger partial charge in [-0.25, -0.2) is 4.79 Å². The summed E-state index contributed by atoms with van der Waals surface area (Å²) in [4.78, 5) is 42.1. The summed E-state index contributed by atoms with van der Waals surface area (Å²) in [6.45, 7) is 21.1. The molecule has 5 heterocycles. The van der Waals surface area contributed by atoms with Gasteiger partial charge in [-0.2, -0.15) is 0 Å². The maximum Gasteiger partial charge on any atom is 0.509 e. The zero-order valence-corrected chi connectivity index (χ0v) is 35.7. The van der Waals surface area contributed by atoms with Crippen molar-refractivity contribution >= 4 is 18.1 Å². The molecule has 18 atom stereocenters. The van der Waals surface area contributed by atoms with Gasteiger partial charge in [0.2, 0.25) is 0 Å². The van der Waals surface area contributed by atoms with Crippen molar-refractivity contribution in [1.29, 1.82) is 0 Å². The summed E-state index contributed by atoms with van der Waals surface area (Å²) in [7, 11) is 5.58. The number of cyclic esters (lactones) is 1. The smallest absolute Gasteiger partial charge is 0.458 e. The molecule has 2 bridgehead atoms. The number of methoxy groups -OCH3 is 1. The topological polar surface area (TPSA) is 147 Å². The maximum absolute atomic E-state index is 14.6. The molecule has 0 aromatic carbocycles. The van der Waals surface area contributed by atoms with Crippen LogP contribution in [-0.2, 0) is 57.0 Å². The fourth-order valence-electron chi connectivity index (χ4n) is 10.3. The Bertz CT molecular complexity index is 1360. The van der Waals surface area contributed by atoms with E-state index < -0.39 is 95.9 Å². The highest BCUT2D eigenvalue weighted by Gasteiger charge is 2.62. The standard InChI is InChI=1S/C41H69NO13/c1-15-16-29-41(11)35(53-38(45)55-41)24(5)31-21(2)18-40(10,54-31)34(52-37-33(49-27(8)43)28(42(12)13)17-22(3)48-37)25(6)32(26(7)36(44)50-29)51-30-20-39(9,46-14)19-23(4)47-30/h21-26,28-35,37H,15-20H2,1-14H3/t21-,22?,23?,24+,25+,26-,28?,29-,30?,31-,32+,33?,34-,35-,37?,39?,40+,41-/m1/s1. The Morgan fingerprint density at radius 2 is 1.58 bits per heavy atom. The molecule has 0 amide bonds. The lowest BCUT2D eigenvalue weighted by molar-refractivity contribution is -0.313. The van der Waals surface area contributed by atoms with Gasteiger partial charge in [0, 0.05) is 38.7 Å². The third kappa shape index (κ3) is 9.15. The van der Waals surface area contributed by atoms with Crippen LogP contribution < -0.4 is 0 Å². The van der Waals surface area contributed by atoms with E-state index in [1.165, 1.54) is 6.92 Å². The van der Waals surface area contributed by atoms with Crippen LogP contribution in [0, 0.1) is 23.7 Å². The lowest BCUT2D eigenvalue weighted by Gasteiger charge is -2.48. The van der Waals surface area contributed by atoms with Gasteiger partial charge in [-0.05, 0) is 80.8 Å². The molecule has 7 unspecified atom stereocenters. The number of fused-ring (bicyclic) bond motifs is 3. The Morgan fingerprint density at radius 3 is 2.20 bits per heavy atom. The molecular formula is C41H69NO13. The first-order valence-electron chi connectivity index (χ1n) is 20.4. The second-order valence-corrected chi connectivity index (χ2v) is 18.1. The van der Waals surface area contributed by atoms with E-state index in [0.29, 0.717) is 38.5 Å². The number of ether oxygens (including phenoxy) is 10. The average Bonchev–Trinajstić information content (AvgIpc) is 3.58. The van der Waals surface area contributed by atoms with Gasteiger partial charge < -0.3 is 52.3 Å². The molecule has 5 aliphatic rings. The number of hydrogen-bond acceptors (Lipinski definition) is 14. The Hall–Kier alpha value is -2.07. The van der Waals surface area contributed by atoms with Crippen molar-refractivity contribution in [3.05, 3.63) is 0 Å². The molecule has 0 N–H and O–H groups in total. The predicted octanol–water partition coefficient (Wildman–Crippen LogP) is 5.80. The van der Waals surface area contributed by atoms with Crippen LogP contribution >= 0.6 is 0 Å². The van der Waals surface area contributed by atoms with Crippen LogP contribution in [0.15, 0.2) is 0 Å².